The molecule has 0 aromatic rings. The maximum atomic E-state index is 12.3. The van der Waals surface area contributed by atoms with Crippen LogP contribution in [-0.4, -0.2) is 14.0 Å². The van der Waals surface area contributed by atoms with E-state index in [0.29, 0.717) is 11.3 Å². The van der Waals surface area contributed by atoms with Crippen molar-refractivity contribution >= 4 is 10.0 Å². The Balaban J connectivity index is 2.82. The van der Waals surface area contributed by atoms with Crippen LogP contribution in [0.15, 0.2) is 23.1 Å². The van der Waals surface area contributed by atoms with E-state index in [1.165, 1.54) is 0 Å². The van der Waals surface area contributed by atoms with Crippen LogP contribution in [0.25, 0.3) is 0 Å². The Morgan fingerprint density at radius 1 is 1.22 bits per heavy atom. The molecule has 1 aliphatic rings. The summed E-state index contributed by atoms with van der Waals surface area (Å²) in [6, 6.07) is 0. The highest BCUT2D eigenvalue weighted by Gasteiger charge is 2.31. The van der Waals surface area contributed by atoms with Gasteiger partial charge in [0.25, 0.3) is 0 Å². The molecule has 104 valence electrons. The molecule has 4 heteroatoms. The number of rotatable bonds is 4. The second-order valence-electron chi connectivity index (χ2n) is 6.83. The Kier molecular flexibility index (Phi) is 4.44. The molecule has 1 aliphatic carbocycles. The van der Waals surface area contributed by atoms with E-state index in [4.69, 9.17) is 0 Å². The molecule has 18 heavy (non-hydrogen) atoms. The van der Waals surface area contributed by atoms with E-state index in [1.54, 1.807) is 6.08 Å². The van der Waals surface area contributed by atoms with Crippen LogP contribution in [0.1, 0.15) is 53.9 Å². The number of sulfonamides is 1. The third-order valence-corrected chi connectivity index (χ3v) is 4.56. The van der Waals surface area contributed by atoms with Crippen molar-refractivity contribution in [3.05, 3.63) is 23.1 Å². The summed E-state index contributed by atoms with van der Waals surface area (Å²) in [6.07, 6.45) is 7.68. The van der Waals surface area contributed by atoms with Gasteiger partial charge >= 0.3 is 0 Å². The molecule has 0 aliphatic heterocycles. The van der Waals surface area contributed by atoms with Crippen LogP contribution in [0.5, 0.6) is 0 Å². The first-order chi connectivity index (χ1) is 8.02. The van der Waals surface area contributed by atoms with Gasteiger partial charge in [-0.15, -0.1) is 0 Å². The molecule has 3 nitrogen and oxygen atoms in total. The normalized spacial score (nSPS) is 17.7. The summed E-state index contributed by atoms with van der Waals surface area (Å²) >= 11 is 0. The van der Waals surface area contributed by atoms with Gasteiger partial charge in [-0.05, 0) is 44.6 Å². The molecule has 1 rings (SSSR count). The zero-order chi connectivity index (χ0) is 14.0. The summed E-state index contributed by atoms with van der Waals surface area (Å²) in [6.45, 7) is 10.2. The van der Waals surface area contributed by atoms with E-state index >= 15 is 0 Å². The Labute approximate surface area is 111 Å². The average molecular weight is 271 g/mol. The van der Waals surface area contributed by atoms with Crippen molar-refractivity contribution in [1.29, 1.82) is 0 Å². The van der Waals surface area contributed by atoms with E-state index < -0.39 is 15.6 Å². The zero-order valence-electron chi connectivity index (χ0n) is 12.1. The lowest BCUT2D eigenvalue weighted by atomic mass is 9.82. The number of hydrogen-bond acceptors (Lipinski definition) is 2. The molecular formula is C14H25NO2S. The van der Waals surface area contributed by atoms with Crippen LogP contribution in [0.2, 0.25) is 0 Å². The summed E-state index contributed by atoms with van der Waals surface area (Å²) in [5.41, 5.74) is -0.341. The van der Waals surface area contributed by atoms with Gasteiger partial charge in [0.15, 0.2) is 0 Å². The number of allylic oxidation sites excluding steroid dienone is 4. The van der Waals surface area contributed by atoms with Gasteiger partial charge in [-0.1, -0.05) is 32.9 Å². The van der Waals surface area contributed by atoms with Crippen LogP contribution >= 0.6 is 0 Å². The van der Waals surface area contributed by atoms with Gasteiger partial charge in [-0.2, -0.15) is 0 Å². The molecule has 0 aromatic heterocycles. The Morgan fingerprint density at radius 3 is 2.28 bits per heavy atom. The van der Waals surface area contributed by atoms with Gasteiger partial charge in [0.2, 0.25) is 10.0 Å². The quantitative estimate of drug-likeness (QED) is 0.852. The summed E-state index contributed by atoms with van der Waals surface area (Å²) in [7, 11) is -3.35. The van der Waals surface area contributed by atoms with Crippen molar-refractivity contribution in [3.8, 4) is 0 Å². The molecule has 1 N–H and O–H groups in total. The maximum Gasteiger partial charge on any atom is 0.237 e. The van der Waals surface area contributed by atoms with E-state index in [2.05, 4.69) is 25.5 Å². The predicted octanol–water partition coefficient (Wildman–Crippen LogP) is 3.35. The fraction of sp³-hybridized carbons (Fsp3) is 0.714. The fourth-order valence-corrected chi connectivity index (χ4v) is 4.17. The minimum absolute atomic E-state index is 0.0901. The number of nitrogens with one attached hydrogen (secondary N) is 1. The second-order valence-corrected chi connectivity index (χ2v) is 8.56. The second kappa shape index (κ2) is 5.17. The lowest BCUT2D eigenvalue weighted by molar-refractivity contribution is 0.269. The predicted molar refractivity (Wildman–Crippen MR) is 76.7 cm³/mol. The molecule has 0 bridgehead atoms. The molecule has 0 atom stereocenters. The summed E-state index contributed by atoms with van der Waals surface area (Å²) < 4.78 is 27.4. The minimum Gasteiger partial charge on any atom is -0.207 e. The third-order valence-electron chi connectivity index (χ3n) is 2.70. The molecule has 0 amide bonds. The van der Waals surface area contributed by atoms with Gasteiger partial charge in [-0.3, -0.25) is 0 Å². The van der Waals surface area contributed by atoms with Crippen LogP contribution < -0.4 is 4.72 Å². The summed E-state index contributed by atoms with van der Waals surface area (Å²) in [4.78, 5) is 0.493. The van der Waals surface area contributed by atoms with Crippen LogP contribution in [0.3, 0.4) is 0 Å². The number of hydrogen-bond donors (Lipinski definition) is 1. The van der Waals surface area contributed by atoms with E-state index in [-0.39, 0.29) is 5.41 Å². The zero-order valence-corrected chi connectivity index (χ0v) is 12.9. The monoisotopic (exact) mass is 271 g/mol. The van der Waals surface area contributed by atoms with Gasteiger partial charge in [-0.25, -0.2) is 13.1 Å². The fourth-order valence-electron chi connectivity index (χ4n) is 2.60. The third kappa shape index (κ3) is 4.94. The summed E-state index contributed by atoms with van der Waals surface area (Å²) in [5, 5.41) is 0. The highest BCUT2D eigenvalue weighted by molar-refractivity contribution is 7.93. The first-order valence-corrected chi connectivity index (χ1v) is 7.90. The van der Waals surface area contributed by atoms with E-state index in [9.17, 15) is 8.42 Å². The smallest absolute Gasteiger partial charge is 0.207 e. The van der Waals surface area contributed by atoms with Crippen LogP contribution in [-0.2, 0) is 10.0 Å². The maximum absolute atomic E-state index is 12.3. The van der Waals surface area contributed by atoms with Crippen LogP contribution in [0, 0.1) is 5.41 Å². The molecule has 0 radical (unpaired) electrons. The van der Waals surface area contributed by atoms with Gasteiger partial charge < -0.3 is 0 Å². The lowest BCUT2D eigenvalue weighted by Crippen LogP contribution is -2.46. The van der Waals surface area contributed by atoms with Crippen molar-refractivity contribution in [1.82, 2.24) is 4.72 Å². The molecule has 0 spiro atoms. The lowest BCUT2D eigenvalue weighted by Gasteiger charge is -2.33. The van der Waals surface area contributed by atoms with Gasteiger partial charge in [0, 0.05) is 5.54 Å². The van der Waals surface area contributed by atoms with Crippen LogP contribution in [0.4, 0.5) is 0 Å². The highest BCUT2D eigenvalue weighted by Crippen LogP contribution is 2.28. The molecular weight excluding hydrogens is 246 g/mol. The molecule has 0 aromatic carbocycles. The molecule has 0 fully saturated rings. The van der Waals surface area contributed by atoms with Crippen molar-refractivity contribution in [3.63, 3.8) is 0 Å². The van der Waals surface area contributed by atoms with E-state index in [1.807, 2.05) is 26.0 Å². The highest BCUT2D eigenvalue weighted by atomic mass is 32.2. The Hall–Kier alpha value is -0.610. The molecule has 0 unspecified atom stereocenters. The largest absolute Gasteiger partial charge is 0.237 e. The van der Waals surface area contributed by atoms with Gasteiger partial charge in [0.05, 0.1) is 4.91 Å². The molecule has 0 heterocycles. The summed E-state index contributed by atoms with van der Waals surface area (Å²) in [5.74, 6) is 0. The van der Waals surface area contributed by atoms with Crippen molar-refractivity contribution < 1.29 is 8.42 Å². The van der Waals surface area contributed by atoms with E-state index in [0.717, 1.165) is 12.8 Å². The molecule has 0 saturated carbocycles. The SMILES string of the molecule is CC(C)(C)CC(C)(C)NS(=O)(=O)C1=CC=CCC1. The molecule has 0 saturated heterocycles. The van der Waals surface area contributed by atoms with Crippen molar-refractivity contribution in [2.45, 2.75) is 59.4 Å². The van der Waals surface area contributed by atoms with Crippen molar-refractivity contribution in [2.75, 3.05) is 0 Å². The van der Waals surface area contributed by atoms with Gasteiger partial charge in [0.1, 0.15) is 0 Å². The topological polar surface area (TPSA) is 46.2 Å². The van der Waals surface area contributed by atoms with Crippen molar-refractivity contribution in [2.24, 2.45) is 5.41 Å². The first-order valence-electron chi connectivity index (χ1n) is 6.42. The average Bonchev–Trinajstić information content (AvgIpc) is 2.13. The standard InChI is InChI=1S/C14H25NO2S/c1-13(2,3)11-14(4,5)15-18(16,17)12-9-7-6-8-10-12/h6-7,9,15H,8,10-11H2,1-5H3. The first kappa shape index (κ1) is 15.4. The Bertz CT molecular complexity index is 451. The minimum atomic E-state index is -3.35. The Morgan fingerprint density at radius 2 is 1.83 bits per heavy atom.